The molecule has 1 aliphatic heterocycles. The van der Waals surface area contributed by atoms with Crippen molar-refractivity contribution in [2.75, 3.05) is 39.0 Å². The van der Waals surface area contributed by atoms with Crippen molar-refractivity contribution in [3.8, 4) is 11.5 Å². The molecule has 1 aliphatic carbocycles. The lowest BCUT2D eigenvalue weighted by Crippen LogP contribution is -2.28. The Bertz CT molecular complexity index is 940. The molecule has 4 rings (SSSR count). The fourth-order valence-corrected chi connectivity index (χ4v) is 4.15. The summed E-state index contributed by atoms with van der Waals surface area (Å²) in [6.07, 6.45) is 8.53. The molecule has 2 aliphatic rings. The van der Waals surface area contributed by atoms with E-state index in [0.29, 0.717) is 30.8 Å². The molecule has 7 heteroatoms. The highest BCUT2D eigenvalue weighted by Gasteiger charge is 2.27. The minimum atomic E-state index is 0.477. The van der Waals surface area contributed by atoms with Gasteiger partial charge in [-0.2, -0.15) is 5.10 Å². The van der Waals surface area contributed by atoms with Gasteiger partial charge in [-0.1, -0.05) is 12.1 Å². The molecule has 2 heterocycles. The molecule has 1 atom stereocenters. The van der Waals surface area contributed by atoms with Crippen LogP contribution in [-0.4, -0.2) is 50.2 Å². The van der Waals surface area contributed by atoms with Crippen molar-refractivity contribution < 1.29 is 14.2 Å². The summed E-state index contributed by atoms with van der Waals surface area (Å²) in [4.78, 5) is 8.82. The Morgan fingerprint density at radius 1 is 1.13 bits per heavy atom. The summed E-state index contributed by atoms with van der Waals surface area (Å²) in [6.45, 7) is 3.89. The maximum atomic E-state index is 5.53. The van der Waals surface area contributed by atoms with Crippen LogP contribution in [-0.2, 0) is 4.74 Å². The van der Waals surface area contributed by atoms with E-state index in [1.165, 1.54) is 22.3 Å². The van der Waals surface area contributed by atoms with E-state index in [0.717, 1.165) is 31.6 Å². The first kappa shape index (κ1) is 20.3. The van der Waals surface area contributed by atoms with Crippen molar-refractivity contribution in [2.45, 2.75) is 32.1 Å². The smallest absolute Gasteiger partial charge is 0.246 e. The lowest BCUT2D eigenvalue weighted by atomic mass is 9.78. The summed E-state index contributed by atoms with van der Waals surface area (Å²) >= 11 is 0. The molecule has 1 aromatic carbocycles. The summed E-state index contributed by atoms with van der Waals surface area (Å²) in [5.41, 5.74) is 5.38. The quantitative estimate of drug-likeness (QED) is 0.648. The highest BCUT2D eigenvalue weighted by molar-refractivity contribution is 5.82. The molecule has 0 saturated heterocycles. The standard InChI is InChI=1S/C23H28N4O3/c1-16-21(5-4-6-22(16)29-3)17-7-8-18-15-27(26-12-19(18)11-17)23-24-13-20(14-25-23)30-10-9-28-2/h4-6,12-14,17H,7-11,15H2,1-3H3. The van der Waals surface area contributed by atoms with Crippen LogP contribution >= 0.6 is 0 Å². The molecule has 30 heavy (non-hydrogen) atoms. The zero-order valence-corrected chi connectivity index (χ0v) is 17.8. The predicted molar refractivity (Wildman–Crippen MR) is 117 cm³/mol. The number of rotatable bonds is 7. The zero-order valence-electron chi connectivity index (χ0n) is 17.8. The Morgan fingerprint density at radius 3 is 2.73 bits per heavy atom. The van der Waals surface area contributed by atoms with E-state index < -0.39 is 0 Å². The van der Waals surface area contributed by atoms with Crippen LogP contribution in [0.2, 0.25) is 0 Å². The number of hydrazone groups is 1. The number of anilines is 1. The monoisotopic (exact) mass is 408 g/mol. The van der Waals surface area contributed by atoms with Gasteiger partial charge >= 0.3 is 0 Å². The van der Waals surface area contributed by atoms with E-state index in [9.17, 15) is 0 Å². The first-order valence-corrected chi connectivity index (χ1v) is 10.3. The van der Waals surface area contributed by atoms with Crippen LogP contribution in [0, 0.1) is 6.92 Å². The molecule has 0 spiro atoms. The summed E-state index contributed by atoms with van der Waals surface area (Å²) in [7, 11) is 3.38. The average molecular weight is 409 g/mol. The van der Waals surface area contributed by atoms with Crippen molar-refractivity contribution in [2.24, 2.45) is 5.10 Å². The SMILES string of the molecule is COCCOc1cnc(N2CC3=C(C=N2)CC(c2cccc(OC)c2C)CC3)nc1. The number of benzene rings is 1. The Labute approximate surface area is 177 Å². The van der Waals surface area contributed by atoms with E-state index in [1.54, 1.807) is 26.6 Å². The van der Waals surface area contributed by atoms with Crippen molar-refractivity contribution >= 4 is 12.2 Å². The second kappa shape index (κ2) is 9.26. The highest BCUT2D eigenvalue weighted by atomic mass is 16.5. The van der Waals surface area contributed by atoms with Gasteiger partial charge in [0.2, 0.25) is 5.95 Å². The lowest BCUT2D eigenvalue weighted by molar-refractivity contribution is 0.146. The largest absolute Gasteiger partial charge is 0.496 e. The van der Waals surface area contributed by atoms with Crippen LogP contribution in [0.1, 0.15) is 36.3 Å². The number of methoxy groups -OCH3 is 2. The second-order valence-electron chi connectivity index (χ2n) is 7.61. The molecule has 0 saturated carbocycles. The third-order valence-corrected chi connectivity index (χ3v) is 5.80. The van der Waals surface area contributed by atoms with E-state index in [-0.39, 0.29) is 0 Å². The van der Waals surface area contributed by atoms with Gasteiger partial charge in [0.25, 0.3) is 0 Å². The maximum Gasteiger partial charge on any atom is 0.246 e. The van der Waals surface area contributed by atoms with Gasteiger partial charge in [-0.15, -0.1) is 0 Å². The number of hydrogen-bond donors (Lipinski definition) is 0. The Balaban J connectivity index is 1.42. The Morgan fingerprint density at radius 2 is 1.97 bits per heavy atom. The molecule has 2 aromatic rings. The first-order chi connectivity index (χ1) is 14.7. The molecule has 0 fully saturated rings. The van der Waals surface area contributed by atoms with Crippen LogP contribution in [0.5, 0.6) is 11.5 Å². The molecular weight excluding hydrogens is 380 g/mol. The number of aromatic nitrogens is 2. The molecule has 1 aromatic heterocycles. The van der Waals surface area contributed by atoms with E-state index in [1.807, 2.05) is 17.3 Å². The van der Waals surface area contributed by atoms with Gasteiger partial charge in [0.15, 0.2) is 5.75 Å². The third kappa shape index (κ3) is 4.31. The van der Waals surface area contributed by atoms with Crippen molar-refractivity contribution in [3.05, 3.63) is 52.9 Å². The van der Waals surface area contributed by atoms with Gasteiger partial charge in [-0.3, -0.25) is 0 Å². The summed E-state index contributed by atoms with van der Waals surface area (Å²) in [5, 5.41) is 6.47. The normalized spacial score (nSPS) is 18.4. The molecule has 0 bridgehead atoms. The maximum absolute atomic E-state index is 5.53. The Hall–Kier alpha value is -2.93. The molecule has 158 valence electrons. The van der Waals surface area contributed by atoms with Gasteiger partial charge < -0.3 is 14.2 Å². The molecule has 7 nitrogen and oxygen atoms in total. The topological polar surface area (TPSA) is 69.1 Å². The van der Waals surface area contributed by atoms with Crippen LogP contribution in [0.4, 0.5) is 5.95 Å². The summed E-state index contributed by atoms with van der Waals surface area (Å²) in [6, 6.07) is 6.34. The van der Waals surface area contributed by atoms with Gasteiger partial charge in [0, 0.05) is 7.11 Å². The fraction of sp³-hybridized carbons (Fsp3) is 0.435. The van der Waals surface area contributed by atoms with Crippen LogP contribution in [0.15, 0.2) is 46.8 Å². The number of allylic oxidation sites excluding steroid dienone is 1. The predicted octanol–water partition coefficient (Wildman–Crippen LogP) is 3.89. The summed E-state index contributed by atoms with van der Waals surface area (Å²) < 4.78 is 16.0. The molecular formula is C23H28N4O3. The first-order valence-electron chi connectivity index (χ1n) is 10.3. The third-order valence-electron chi connectivity index (χ3n) is 5.80. The molecule has 0 N–H and O–H groups in total. The van der Waals surface area contributed by atoms with Gasteiger partial charge in [-0.05, 0) is 60.4 Å². The molecule has 0 amide bonds. The number of hydrogen-bond acceptors (Lipinski definition) is 7. The summed E-state index contributed by atoms with van der Waals surface area (Å²) in [5.74, 6) is 2.67. The lowest BCUT2D eigenvalue weighted by Gasteiger charge is -2.32. The van der Waals surface area contributed by atoms with Crippen LogP contribution in [0.3, 0.4) is 0 Å². The van der Waals surface area contributed by atoms with Crippen molar-refractivity contribution in [3.63, 3.8) is 0 Å². The average Bonchev–Trinajstić information content (AvgIpc) is 2.79. The van der Waals surface area contributed by atoms with Gasteiger partial charge in [0.1, 0.15) is 12.4 Å². The van der Waals surface area contributed by atoms with E-state index >= 15 is 0 Å². The van der Waals surface area contributed by atoms with Crippen molar-refractivity contribution in [1.82, 2.24) is 9.97 Å². The minimum Gasteiger partial charge on any atom is -0.496 e. The van der Waals surface area contributed by atoms with Gasteiger partial charge in [0.05, 0.1) is 38.9 Å². The Kier molecular flexibility index (Phi) is 6.28. The van der Waals surface area contributed by atoms with Gasteiger partial charge in [-0.25, -0.2) is 15.0 Å². The van der Waals surface area contributed by atoms with Crippen LogP contribution < -0.4 is 14.5 Å². The number of ether oxygens (including phenoxy) is 3. The van der Waals surface area contributed by atoms with Crippen LogP contribution in [0.25, 0.3) is 0 Å². The number of nitrogens with zero attached hydrogens (tertiary/aromatic N) is 4. The minimum absolute atomic E-state index is 0.477. The fourth-order valence-electron chi connectivity index (χ4n) is 4.15. The van der Waals surface area contributed by atoms with E-state index in [2.05, 4.69) is 34.1 Å². The highest BCUT2D eigenvalue weighted by Crippen LogP contribution is 2.40. The second-order valence-corrected chi connectivity index (χ2v) is 7.61. The molecule has 1 unspecified atom stereocenters. The van der Waals surface area contributed by atoms with E-state index in [4.69, 9.17) is 14.2 Å². The van der Waals surface area contributed by atoms with Crippen molar-refractivity contribution in [1.29, 1.82) is 0 Å². The molecule has 0 radical (unpaired) electrons. The zero-order chi connectivity index (χ0) is 20.9.